The molecule has 6 aromatic carbocycles. The molecule has 2 saturated heterocycles. The average Bonchev–Trinajstić information content (AvgIpc) is 1.63. The van der Waals surface area contributed by atoms with Crippen molar-refractivity contribution in [3.63, 3.8) is 0 Å². The Kier molecular flexibility index (Phi) is 51.1. The van der Waals surface area contributed by atoms with Gasteiger partial charge in [-0.2, -0.15) is 13.3 Å². The number of hydrogen-bond acceptors (Lipinski definition) is 16. The van der Waals surface area contributed by atoms with Gasteiger partial charge < -0.3 is 63.3 Å². The van der Waals surface area contributed by atoms with Crippen LogP contribution >= 0.6 is 46.7 Å². The van der Waals surface area contributed by atoms with E-state index in [1.54, 1.807) is 170 Å². The van der Waals surface area contributed by atoms with E-state index >= 15 is 0 Å². The van der Waals surface area contributed by atoms with Gasteiger partial charge >= 0.3 is 147 Å². The molecule has 5 fully saturated rings. The van der Waals surface area contributed by atoms with E-state index < -0.39 is 27.0 Å². The van der Waals surface area contributed by atoms with Crippen LogP contribution in [0.2, 0.25) is 0 Å². The summed E-state index contributed by atoms with van der Waals surface area (Å²) in [6, 6.07) is 48.7. The zero-order chi connectivity index (χ0) is 89.2. The second-order valence-corrected chi connectivity index (χ2v) is 46.9. The molecular weight excluding hydrogens is 1830 g/mol. The van der Waals surface area contributed by atoms with Crippen molar-refractivity contribution in [3.8, 4) is 17.2 Å². The average molecular weight is 1970 g/mol. The number of ether oxygens (including phenoxy) is 6. The predicted molar refractivity (Wildman–Crippen MR) is 519 cm³/mol. The topological polar surface area (TPSA) is 168 Å². The van der Waals surface area contributed by atoms with Gasteiger partial charge in [-0.1, -0.05) is 90.0 Å². The van der Waals surface area contributed by atoms with Crippen LogP contribution in [0.1, 0.15) is 174 Å². The van der Waals surface area contributed by atoms with Crippen LogP contribution in [0.5, 0.6) is 17.2 Å². The Labute approximate surface area is 770 Å². The van der Waals surface area contributed by atoms with E-state index in [0.29, 0.717) is 59.5 Å². The Balaban J connectivity index is 0.000000199. The molecule has 124 heavy (non-hydrogen) atoms. The van der Waals surface area contributed by atoms with Crippen LogP contribution in [-0.4, -0.2) is 162 Å². The number of aromatic nitrogens is 3. The number of rotatable bonds is 27. The number of hydrogen-bond donors (Lipinski definition) is 3. The molecule has 5 aliphatic rings. The fraction of sp³-hybridized carbons (Fsp3) is 0.455. The van der Waals surface area contributed by atoms with Crippen LogP contribution < -0.4 is 33.8 Å². The molecule has 2 aliphatic heterocycles. The summed E-state index contributed by atoms with van der Waals surface area (Å²) in [4.78, 5) is 21.2. The van der Waals surface area contributed by atoms with Gasteiger partial charge in [0, 0.05) is 94.0 Å². The molecule has 0 radical (unpaired) electrons. The van der Waals surface area contributed by atoms with Crippen LogP contribution in [0.15, 0.2) is 183 Å². The second kappa shape index (κ2) is 60.5. The predicted octanol–water partition coefficient (Wildman–Crippen LogP) is 23.1. The Morgan fingerprint density at radius 2 is 0.556 bits per heavy atom. The molecule has 682 valence electrons. The summed E-state index contributed by atoms with van der Waals surface area (Å²) >= 11 is -3.23. The summed E-state index contributed by atoms with van der Waals surface area (Å²) in [5, 5.41) is 25.2. The Morgan fingerprint density at radius 3 is 0.766 bits per heavy atom. The van der Waals surface area contributed by atoms with Crippen molar-refractivity contribution >= 4 is 78.7 Å². The van der Waals surface area contributed by atoms with Crippen molar-refractivity contribution in [3.05, 3.63) is 274 Å². The first kappa shape index (κ1) is 105. The van der Waals surface area contributed by atoms with Gasteiger partial charge in [0.2, 0.25) is 0 Å². The van der Waals surface area contributed by atoms with Crippen LogP contribution in [-0.2, 0) is 41.2 Å². The molecule has 0 bridgehead atoms. The molecular formula is C101H139Cl4N7O9PRu2-. The number of aliphatic hydroxyl groups is 3. The third-order valence-corrected chi connectivity index (χ3v) is 30.1. The van der Waals surface area contributed by atoms with Gasteiger partial charge in [0.1, 0.15) is 37.1 Å². The van der Waals surface area contributed by atoms with Crippen molar-refractivity contribution in [2.75, 3.05) is 125 Å². The molecule has 9 aromatic rings. The summed E-state index contributed by atoms with van der Waals surface area (Å²) in [5.74, 6) is 2.34. The zero-order valence-electron chi connectivity index (χ0n) is 75.4. The standard InChI is InChI=1S/2C21H27N2.C18H33P.3C9H13NO3.2C7H6.4ClH.2Ru/c2*1-14-9-16(3)20(17(4)10-14)22-7-8-23(13-22)21-18(5)11-15(2)12-19(21)6;1-4-10-16(11-5-1)19(17-12-6-2-7-13-17)18-14-8-3-9-15-18;3*11-5-6-12-7-8-13-9-1-3-10-4-2-9;2*1-7-5-3-2-4-6-7;;;;;;/h2*9-13H,7-8H2,1-6H3;16-18H,1-15H2;3*1-4,11H,5-8H2;2*1-6H;4*1H;;/q2*-1;;;;;;;;;;;2*+2/p-3. The number of halogens is 4. The number of pyridine rings is 3. The molecule has 5 heterocycles. The van der Waals surface area contributed by atoms with Crippen molar-refractivity contribution in [1.82, 2.24) is 15.0 Å². The van der Waals surface area contributed by atoms with Gasteiger partial charge in [-0.15, -0.1) is 0 Å². The van der Waals surface area contributed by atoms with Gasteiger partial charge in [0.15, 0.2) is 0 Å². The number of anilines is 4. The van der Waals surface area contributed by atoms with Crippen LogP contribution in [0.3, 0.4) is 0 Å². The van der Waals surface area contributed by atoms with E-state index in [1.807, 2.05) is 69.9 Å². The molecule has 23 heteroatoms. The normalized spacial score (nSPS) is 14.7. The quantitative estimate of drug-likeness (QED) is 0.0192. The van der Waals surface area contributed by atoms with E-state index in [0.717, 1.165) is 54.6 Å². The first-order chi connectivity index (χ1) is 60.0. The second-order valence-electron chi connectivity index (χ2n) is 32.0. The summed E-state index contributed by atoms with van der Waals surface area (Å²) in [5.41, 5.74) is 27.6. The van der Waals surface area contributed by atoms with E-state index in [-0.39, 0.29) is 27.7 Å². The summed E-state index contributed by atoms with van der Waals surface area (Å²) in [6.07, 6.45) is 33.8. The van der Waals surface area contributed by atoms with Crippen molar-refractivity contribution in [2.24, 2.45) is 0 Å². The van der Waals surface area contributed by atoms with Gasteiger partial charge in [0.25, 0.3) is 0 Å². The molecule has 3 aliphatic carbocycles. The SMILES string of the molecule is C1CCC([PH+](C2CCCCC2)C2CCCCC2)CC1.Cc1cc(C)c(N2[CH-]N(c3c(C)cc(C)cc3C)CC2)c(C)c1.Cc1cc(C)c(N2[CH-]N(c3c(C)cc(C)cc3C)CC2)c(C)c1.OCCOCCOc1ccncc1.OCCOCCOc1ccncc1.OCCOCCOc1ccncc1.[Cl][Ru]([Cl])=[CH]c1ccccc1.[Cl][Ru]([Cl])=[CH]c1ccccc1. The van der Waals surface area contributed by atoms with Gasteiger partial charge in [-0.25, -0.2) is 0 Å². The fourth-order valence-electron chi connectivity index (χ4n) is 17.2. The first-order valence-electron chi connectivity index (χ1n) is 43.9. The Bertz CT molecular complexity index is 3930. The molecule has 3 N–H and O–H groups in total. The molecule has 14 rings (SSSR count). The maximum absolute atomic E-state index is 8.41. The summed E-state index contributed by atoms with van der Waals surface area (Å²) < 4.78 is 34.8. The van der Waals surface area contributed by atoms with Crippen molar-refractivity contribution in [2.45, 2.75) is 196 Å². The van der Waals surface area contributed by atoms with Crippen LogP contribution in [0, 0.1) is 96.4 Å². The Morgan fingerprint density at radius 1 is 0.331 bits per heavy atom. The van der Waals surface area contributed by atoms with Crippen LogP contribution in [0.25, 0.3) is 0 Å². The molecule has 0 amide bonds. The minimum atomic E-state index is -1.61. The zero-order valence-corrected chi connectivity index (χ0v) is 82.9. The Hall–Kier alpha value is -6.29. The maximum atomic E-state index is 8.41. The molecule has 3 aromatic heterocycles. The number of aryl methyl sites for hydroxylation is 12. The van der Waals surface area contributed by atoms with Crippen LogP contribution in [0.4, 0.5) is 22.7 Å². The molecule has 16 nitrogen and oxygen atoms in total. The molecule has 0 unspecified atom stereocenters. The molecule has 3 saturated carbocycles. The van der Waals surface area contributed by atoms with Crippen molar-refractivity contribution in [1.29, 1.82) is 0 Å². The molecule has 0 spiro atoms. The monoisotopic (exact) mass is 1970 g/mol. The minimum absolute atomic E-state index is 0.0465. The number of nitrogens with zero attached hydrogens (tertiary/aromatic N) is 7. The van der Waals surface area contributed by atoms with E-state index in [2.05, 4.69) is 180 Å². The van der Waals surface area contributed by atoms with E-state index in [1.165, 1.54) is 106 Å². The van der Waals surface area contributed by atoms with Gasteiger partial charge in [-0.05, 0) is 241 Å². The van der Waals surface area contributed by atoms with E-state index in [4.69, 9.17) is 82.5 Å². The number of aliphatic hydroxyl groups excluding tert-OH is 3. The van der Waals surface area contributed by atoms with Crippen molar-refractivity contribution < 1.29 is 70.8 Å². The first-order valence-corrected chi connectivity index (χ1v) is 56.6. The fourth-order valence-corrected chi connectivity index (χ4v) is 26.0. The third-order valence-electron chi connectivity index (χ3n) is 21.8. The summed E-state index contributed by atoms with van der Waals surface area (Å²) in [6.45, 7) is 39.3. The third kappa shape index (κ3) is 39.3. The number of benzene rings is 6. The van der Waals surface area contributed by atoms with Gasteiger partial charge in [0.05, 0.1) is 76.4 Å². The molecule has 0 atom stereocenters. The summed E-state index contributed by atoms with van der Waals surface area (Å²) in [7, 11) is 22.6. The van der Waals surface area contributed by atoms with Gasteiger partial charge in [-0.3, -0.25) is 15.0 Å². The van der Waals surface area contributed by atoms with E-state index in [9.17, 15) is 0 Å².